The molecule has 0 amide bonds. The van der Waals surface area contributed by atoms with Crippen molar-refractivity contribution in [3.8, 4) is 0 Å². The summed E-state index contributed by atoms with van der Waals surface area (Å²) in [5.74, 6) is 1.30. The van der Waals surface area contributed by atoms with E-state index in [1.807, 2.05) is 0 Å². The molecule has 0 aliphatic carbocycles. The maximum Gasteiger partial charge on any atom is 0.353 e. The highest BCUT2D eigenvalue weighted by Gasteiger charge is 2.19. The number of nitrogen functional groups attached to an aromatic ring is 1. The number of hydrogen-bond donors (Lipinski definition) is 2. The summed E-state index contributed by atoms with van der Waals surface area (Å²) in [7, 11) is -3.36. The number of nitrogens with two attached hydrogens (primary N) is 1. The van der Waals surface area contributed by atoms with Crippen LogP contribution in [0.3, 0.4) is 0 Å². The van der Waals surface area contributed by atoms with Crippen molar-refractivity contribution < 1.29 is 18.7 Å². The van der Waals surface area contributed by atoms with E-state index in [1.54, 1.807) is 13.8 Å². The van der Waals surface area contributed by atoms with Gasteiger partial charge in [0.2, 0.25) is 0 Å². The molecule has 118 valence electrons. The van der Waals surface area contributed by atoms with E-state index in [4.69, 9.17) is 14.8 Å². The molecule has 1 aromatic heterocycles. The largest absolute Gasteiger partial charge is 0.387 e. The lowest BCUT2D eigenvalue weighted by Crippen LogP contribution is -2.27. The number of anilines is 1. The average molecular weight is 317 g/mol. The molecular weight excluding hydrogens is 297 g/mol. The smallest absolute Gasteiger partial charge is 0.353 e. The van der Waals surface area contributed by atoms with Gasteiger partial charge in [-0.05, 0) is 26.0 Å². The Kier molecular flexibility index (Phi) is 6.77. The first-order valence-electron chi connectivity index (χ1n) is 6.49. The van der Waals surface area contributed by atoms with Crippen LogP contribution in [-0.4, -0.2) is 34.0 Å². The normalized spacial score (nSPS) is 13.7. The second-order valence-corrected chi connectivity index (χ2v) is 5.97. The third-order valence-electron chi connectivity index (χ3n) is 2.39. The van der Waals surface area contributed by atoms with E-state index < -0.39 is 19.4 Å². The van der Waals surface area contributed by atoms with Crippen molar-refractivity contribution in [3.05, 3.63) is 34.6 Å². The van der Waals surface area contributed by atoms with Crippen LogP contribution in [0.2, 0.25) is 0 Å². The van der Waals surface area contributed by atoms with E-state index in [2.05, 4.69) is 4.98 Å². The zero-order valence-corrected chi connectivity index (χ0v) is 12.9. The highest BCUT2D eigenvalue weighted by Crippen LogP contribution is 2.49. The molecule has 1 atom stereocenters. The van der Waals surface area contributed by atoms with Crippen molar-refractivity contribution in [2.45, 2.75) is 26.5 Å². The van der Waals surface area contributed by atoms with E-state index in [9.17, 15) is 14.5 Å². The molecular formula is C12H20N3O5P. The Balaban J connectivity index is 2.75. The van der Waals surface area contributed by atoms with Gasteiger partial charge in [0.1, 0.15) is 5.82 Å². The number of nitrogens with zero attached hydrogens (tertiary/aromatic N) is 2. The molecule has 0 spiro atoms. The lowest BCUT2D eigenvalue weighted by molar-refractivity contribution is 0.197. The van der Waals surface area contributed by atoms with Gasteiger partial charge < -0.3 is 19.9 Å². The van der Waals surface area contributed by atoms with Crippen LogP contribution in [0.1, 0.15) is 13.8 Å². The van der Waals surface area contributed by atoms with Gasteiger partial charge in [0.05, 0.1) is 25.9 Å². The van der Waals surface area contributed by atoms with E-state index in [-0.39, 0.29) is 25.6 Å². The summed E-state index contributed by atoms with van der Waals surface area (Å²) in [5.41, 5.74) is 4.80. The first kappa shape index (κ1) is 17.6. The Morgan fingerprint density at radius 1 is 1.48 bits per heavy atom. The molecule has 0 saturated carbocycles. The van der Waals surface area contributed by atoms with E-state index in [1.165, 1.54) is 28.7 Å². The monoisotopic (exact) mass is 317 g/mol. The van der Waals surface area contributed by atoms with Crippen LogP contribution in [-0.2, 0) is 20.2 Å². The van der Waals surface area contributed by atoms with Gasteiger partial charge >= 0.3 is 13.3 Å². The number of aliphatic hydroxyl groups excluding tert-OH is 1. The molecule has 0 aliphatic heterocycles. The molecule has 0 aromatic carbocycles. The summed E-state index contributed by atoms with van der Waals surface area (Å²) in [4.78, 5) is 15.1. The van der Waals surface area contributed by atoms with Crippen LogP contribution in [0.4, 0.5) is 5.82 Å². The molecule has 1 rings (SSSR count). The van der Waals surface area contributed by atoms with Crippen LogP contribution >= 0.6 is 7.60 Å². The van der Waals surface area contributed by atoms with Crippen LogP contribution in [0, 0.1) is 0 Å². The van der Waals surface area contributed by atoms with Gasteiger partial charge in [-0.25, -0.2) is 4.79 Å². The van der Waals surface area contributed by atoms with Gasteiger partial charge in [0, 0.05) is 12.0 Å². The topological polar surface area (TPSA) is 117 Å². The van der Waals surface area contributed by atoms with Crippen molar-refractivity contribution in [1.29, 1.82) is 0 Å². The predicted octanol–water partition coefficient (Wildman–Crippen LogP) is 0.966. The lowest BCUT2D eigenvalue weighted by atomic mass is 10.3. The summed E-state index contributed by atoms with van der Waals surface area (Å²) in [6.45, 7) is 3.78. The van der Waals surface area contributed by atoms with Crippen molar-refractivity contribution in [2.75, 3.05) is 18.9 Å². The van der Waals surface area contributed by atoms with Crippen molar-refractivity contribution in [2.24, 2.45) is 0 Å². The van der Waals surface area contributed by atoms with Gasteiger partial charge in [-0.3, -0.25) is 9.13 Å². The Hall–Kier alpha value is -1.47. The van der Waals surface area contributed by atoms with Gasteiger partial charge in [-0.2, -0.15) is 4.98 Å². The standard InChI is InChI=1S/C12H20N3O5P/c1-3-19-21(18,20-4-2)8-6-10(16)9-15-7-5-11(13)14-12(15)17/h5-8,10,16H,3-4,9H2,1-2H3,(H2,13,14,17)/t10-/m1/s1. The van der Waals surface area contributed by atoms with Crippen LogP contribution < -0.4 is 11.4 Å². The van der Waals surface area contributed by atoms with Gasteiger partial charge in [0.15, 0.2) is 0 Å². The van der Waals surface area contributed by atoms with Crippen LogP contribution in [0.15, 0.2) is 29.0 Å². The molecule has 0 aliphatic rings. The maximum atomic E-state index is 12.1. The second-order valence-electron chi connectivity index (χ2n) is 4.07. The fourth-order valence-electron chi connectivity index (χ4n) is 1.53. The number of rotatable bonds is 8. The Morgan fingerprint density at radius 2 is 2.10 bits per heavy atom. The van der Waals surface area contributed by atoms with E-state index in [0.29, 0.717) is 0 Å². The molecule has 0 unspecified atom stereocenters. The van der Waals surface area contributed by atoms with Crippen LogP contribution in [0.5, 0.6) is 0 Å². The predicted molar refractivity (Wildman–Crippen MR) is 78.9 cm³/mol. The summed E-state index contributed by atoms with van der Waals surface area (Å²) < 4.78 is 23.4. The summed E-state index contributed by atoms with van der Waals surface area (Å²) in [6.07, 6.45) is 1.66. The average Bonchev–Trinajstić information content (AvgIpc) is 2.40. The minimum atomic E-state index is -3.36. The molecule has 0 fully saturated rings. The number of hydrogen-bond acceptors (Lipinski definition) is 7. The third kappa shape index (κ3) is 5.81. The highest BCUT2D eigenvalue weighted by atomic mass is 31.2. The van der Waals surface area contributed by atoms with E-state index >= 15 is 0 Å². The Labute approximate surface area is 122 Å². The first-order valence-corrected chi connectivity index (χ1v) is 8.10. The molecule has 9 heteroatoms. The van der Waals surface area contributed by atoms with Gasteiger partial charge in [0.25, 0.3) is 0 Å². The fraction of sp³-hybridized carbons (Fsp3) is 0.500. The van der Waals surface area contributed by atoms with Crippen molar-refractivity contribution >= 4 is 13.4 Å². The number of aromatic nitrogens is 2. The summed E-state index contributed by atoms with van der Waals surface area (Å²) in [6, 6.07) is 1.45. The van der Waals surface area contributed by atoms with Crippen molar-refractivity contribution in [3.63, 3.8) is 0 Å². The Morgan fingerprint density at radius 3 is 2.62 bits per heavy atom. The molecule has 0 saturated heterocycles. The minimum Gasteiger partial charge on any atom is -0.387 e. The molecule has 3 N–H and O–H groups in total. The third-order valence-corrected chi connectivity index (χ3v) is 4.16. The second kappa shape index (κ2) is 8.09. The van der Waals surface area contributed by atoms with Gasteiger partial charge in [-0.15, -0.1) is 0 Å². The fourth-order valence-corrected chi connectivity index (χ4v) is 2.91. The SMILES string of the molecule is CCOP(=O)(C=C[C@@H](O)Cn1ccc(N)nc1=O)OCC. The maximum absolute atomic E-state index is 12.1. The van der Waals surface area contributed by atoms with Crippen molar-refractivity contribution in [1.82, 2.24) is 9.55 Å². The molecule has 21 heavy (non-hydrogen) atoms. The lowest BCUT2D eigenvalue weighted by Gasteiger charge is -2.14. The van der Waals surface area contributed by atoms with E-state index in [0.717, 1.165) is 0 Å². The quantitative estimate of drug-likeness (QED) is 0.686. The van der Waals surface area contributed by atoms with Crippen LogP contribution in [0.25, 0.3) is 0 Å². The van der Waals surface area contributed by atoms with Gasteiger partial charge in [-0.1, -0.05) is 0 Å². The zero-order valence-electron chi connectivity index (χ0n) is 12.0. The molecule has 8 nitrogen and oxygen atoms in total. The highest BCUT2D eigenvalue weighted by molar-refractivity contribution is 7.57. The molecule has 1 aromatic rings. The number of aliphatic hydroxyl groups is 1. The molecule has 0 bridgehead atoms. The summed E-state index contributed by atoms with van der Waals surface area (Å²) in [5, 5.41) is 9.86. The summed E-state index contributed by atoms with van der Waals surface area (Å²) >= 11 is 0. The Bertz CT molecular complexity index is 577. The first-order chi connectivity index (χ1) is 9.90. The minimum absolute atomic E-state index is 0.0408. The molecule has 0 radical (unpaired) electrons. The zero-order chi connectivity index (χ0) is 15.9. The molecule has 1 heterocycles.